The van der Waals surface area contributed by atoms with Gasteiger partial charge < -0.3 is 0 Å². The van der Waals surface area contributed by atoms with E-state index in [1.165, 1.54) is 5.56 Å². The molecule has 0 saturated heterocycles. The number of aromatic nitrogens is 3. The number of benzene rings is 1. The zero-order valence-electron chi connectivity index (χ0n) is 8.53. The van der Waals surface area contributed by atoms with Crippen LogP contribution in [0, 0.1) is 0 Å². The fourth-order valence-electron chi connectivity index (χ4n) is 1.46. The van der Waals surface area contributed by atoms with Gasteiger partial charge in [-0.05, 0) is 31.7 Å². The van der Waals surface area contributed by atoms with Crippen LogP contribution < -0.4 is 0 Å². The second-order valence-corrected chi connectivity index (χ2v) is 5.14. The molecule has 2 rings (SSSR count). The van der Waals surface area contributed by atoms with Gasteiger partial charge in [0.15, 0.2) is 0 Å². The molecule has 1 aromatic heterocycles. The Balaban J connectivity index is 2.67. The van der Waals surface area contributed by atoms with Crippen molar-refractivity contribution in [3.63, 3.8) is 0 Å². The van der Waals surface area contributed by atoms with Gasteiger partial charge in [-0.1, -0.05) is 12.1 Å². The molecule has 3 nitrogen and oxygen atoms in total. The van der Waals surface area contributed by atoms with Crippen molar-refractivity contribution < 1.29 is 0 Å². The molecule has 0 bridgehead atoms. The van der Waals surface area contributed by atoms with E-state index in [0.29, 0.717) is 0 Å². The number of thioether (sulfide) groups is 1. The standard InChI is InChI=1S/C10H13N3S/c1-10(2,14-3)7-5-4-6-8-9(7)12-13-11-8/h4-6H,1-3H3,(H,11,12,13). The molecule has 74 valence electrons. The van der Waals surface area contributed by atoms with Crippen molar-refractivity contribution in [1.29, 1.82) is 0 Å². The van der Waals surface area contributed by atoms with Gasteiger partial charge in [-0.2, -0.15) is 27.2 Å². The topological polar surface area (TPSA) is 41.6 Å². The van der Waals surface area contributed by atoms with Crippen molar-refractivity contribution in [2.45, 2.75) is 18.6 Å². The lowest BCUT2D eigenvalue weighted by Gasteiger charge is -2.22. The Hall–Kier alpha value is -1.03. The molecule has 0 aliphatic carbocycles. The first-order chi connectivity index (χ1) is 6.65. The summed E-state index contributed by atoms with van der Waals surface area (Å²) in [5, 5.41) is 10.9. The Morgan fingerprint density at radius 3 is 2.79 bits per heavy atom. The summed E-state index contributed by atoms with van der Waals surface area (Å²) in [7, 11) is 0. The van der Waals surface area contributed by atoms with Crippen LogP contribution in [0.3, 0.4) is 0 Å². The quantitative estimate of drug-likeness (QED) is 0.822. The molecule has 0 atom stereocenters. The van der Waals surface area contributed by atoms with Crippen LogP contribution in [0.5, 0.6) is 0 Å². The van der Waals surface area contributed by atoms with Crippen LogP contribution in [-0.2, 0) is 4.75 Å². The molecular formula is C10H13N3S. The number of para-hydroxylation sites is 1. The number of hydrogen-bond donors (Lipinski definition) is 1. The molecule has 0 amide bonds. The molecule has 2 aromatic rings. The monoisotopic (exact) mass is 207 g/mol. The first-order valence-electron chi connectivity index (χ1n) is 4.50. The van der Waals surface area contributed by atoms with Gasteiger partial charge in [0.2, 0.25) is 0 Å². The van der Waals surface area contributed by atoms with E-state index in [4.69, 9.17) is 0 Å². The van der Waals surface area contributed by atoms with Crippen molar-refractivity contribution >= 4 is 22.8 Å². The third-order valence-electron chi connectivity index (χ3n) is 2.51. The molecule has 0 spiro atoms. The molecule has 1 aromatic carbocycles. The van der Waals surface area contributed by atoms with Gasteiger partial charge in [0.25, 0.3) is 0 Å². The number of fused-ring (bicyclic) bond motifs is 1. The fourth-order valence-corrected chi connectivity index (χ4v) is 1.85. The highest BCUT2D eigenvalue weighted by molar-refractivity contribution is 7.99. The predicted octanol–water partition coefficient (Wildman–Crippen LogP) is 2.56. The highest BCUT2D eigenvalue weighted by Gasteiger charge is 2.22. The number of aromatic amines is 1. The van der Waals surface area contributed by atoms with Crippen LogP contribution in [0.2, 0.25) is 0 Å². The summed E-state index contributed by atoms with van der Waals surface area (Å²) in [4.78, 5) is 0. The van der Waals surface area contributed by atoms with E-state index in [1.807, 2.05) is 23.9 Å². The molecular weight excluding hydrogens is 194 g/mol. The van der Waals surface area contributed by atoms with Crippen molar-refractivity contribution in [2.24, 2.45) is 0 Å². The van der Waals surface area contributed by atoms with Crippen LogP contribution in [0.4, 0.5) is 0 Å². The Bertz CT molecular complexity index is 447. The molecule has 0 radical (unpaired) electrons. The molecule has 0 fully saturated rings. The van der Waals surface area contributed by atoms with Gasteiger partial charge in [-0.3, -0.25) is 0 Å². The van der Waals surface area contributed by atoms with Gasteiger partial charge in [-0.15, -0.1) is 0 Å². The van der Waals surface area contributed by atoms with E-state index >= 15 is 0 Å². The van der Waals surface area contributed by atoms with Gasteiger partial charge in [-0.25, -0.2) is 0 Å². The lowest BCUT2D eigenvalue weighted by atomic mass is 10.0. The minimum Gasteiger partial charge on any atom is -0.197 e. The lowest BCUT2D eigenvalue weighted by Crippen LogP contribution is -2.11. The summed E-state index contributed by atoms with van der Waals surface area (Å²) >= 11 is 1.82. The molecule has 1 heterocycles. The van der Waals surface area contributed by atoms with Crippen molar-refractivity contribution in [1.82, 2.24) is 15.4 Å². The van der Waals surface area contributed by atoms with Crippen LogP contribution in [0.1, 0.15) is 19.4 Å². The average Bonchev–Trinajstić information content (AvgIpc) is 2.64. The zero-order chi connectivity index (χ0) is 10.2. The van der Waals surface area contributed by atoms with E-state index in [0.717, 1.165) is 11.0 Å². The number of hydrogen-bond acceptors (Lipinski definition) is 3. The molecule has 0 aliphatic rings. The van der Waals surface area contributed by atoms with Gasteiger partial charge >= 0.3 is 0 Å². The summed E-state index contributed by atoms with van der Waals surface area (Å²) < 4.78 is 0.0797. The summed E-state index contributed by atoms with van der Waals surface area (Å²) in [5.41, 5.74) is 3.15. The molecule has 14 heavy (non-hydrogen) atoms. The van der Waals surface area contributed by atoms with Crippen LogP contribution in [0.25, 0.3) is 11.0 Å². The maximum Gasteiger partial charge on any atom is 0.117 e. The molecule has 0 saturated carbocycles. The van der Waals surface area contributed by atoms with Crippen molar-refractivity contribution in [3.8, 4) is 0 Å². The summed E-state index contributed by atoms with van der Waals surface area (Å²) in [5.74, 6) is 0. The number of rotatable bonds is 2. The highest BCUT2D eigenvalue weighted by Crippen LogP contribution is 2.36. The normalized spacial score (nSPS) is 12.2. The smallest absolute Gasteiger partial charge is 0.117 e. The third kappa shape index (κ3) is 1.39. The lowest BCUT2D eigenvalue weighted by molar-refractivity contribution is 0.790. The fraction of sp³-hybridized carbons (Fsp3) is 0.400. The van der Waals surface area contributed by atoms with E-state index in [2.05, 4.69) is 41.6 Å². The van der Waals surface area contributed by atoms with Crippen LogP contribution in [-0.4, -0.2) is 21.7 Å². The zero-order valence-corrected chi connectivity index (χ0v) is 9.35. The maximum atomic E-state index is 4.18. The second kappa shape index (κ2) is 3.28. The van der Waals surface area contributed by atoms with E-state index in [-0.39, 0.29) is 4.75 Å². The van der Waals surface area contributed by atoms with Gasteiger partial charge in [0.05, 0.1) is 0 Å². The van der Waals surface area contributed by atoms with Gasteiger partial charge in [0.1, 0.15) is 11.0 Å². The second-order valence-electron chi connectivity index (χ2n) is 3.71. The third-order valence-corrected chi connectivity index (χ3v) is 3.75. The number of H-pyrrole nitrogens is 1. The first-order valence-corrected chi connectivity index (χ1v) is 5.73. The molecule has 4 heteroatoms. The molecule has 0 aliphatic heterocycles. The highest BCUT2D eigenvalue weighted by atomic mass is 32.2. The summed E-state index contributed by atoms with van der Waals surface area (Å²) in [6, 6.07) is 6.11. The van der Waals surface area contributed by atoms with Crippen molar-refractivity contribution in [3.05, 3.63) is 23.8 Å². The summed E-state index contributed by atoms with van der Waals surface area (Å²) in [6.45, 7) is 4.39. The maximum absolute atomic E-state index is 4.18. The Morgan fingerprint density at radius 2 is 2.07 bits per heavy atom. The van der Waals surface area contributed by atoms with Gasteiger partial charge in [0, 0.05) is 4.75 Å². The SMILES string of the molecule is CSC(C)(C)c1cccc2n[nH]nc12. The molecule has 0 unspecified atom stereocenters. The molecule has 1 N–H and O–H groups in total. The number of nitrogens with zero attached hydrogens (tertiary/aromatic N) is 2. The average molecular weight is 207 g/mol. The Morgan fingerprint density at radius 1 is 1.29 bits per heavy atom. The van der Waals surface area contributed by atoms with Crippen molar-refractivity contribution in [2.75, 3.05) is 6.26 Å². The Labute approximate surface area is 87.3 Å². The minimum atomic E-state index is 0.0797. The number of nitrogens with one attached hydrogen (secondary N) is 1. The van der Waals surface area contributed by atoms with Crippen LogP contribution >= 0.6 is 11.8 Å². The first kappa shape index (κ1) is 9.52. The predicted molar refractivity (Wildman–Crippen MR) is 60.4 cm³/mol. The summed E-state index contributed by atoms with van der Waals surface area (Å²) in [6.07, 6.45) is 2.11. The van der Waals surface area contributed by atoms with E-state index in [9.17, 15) is 0 Å². The van der Waals surface area contributed by atoms with E-state index in [1.54, 1.807) is 0 Å². The Kier molecular flexibility index (Phi) is 2.23. The minimum absolute atomic E-state index is 0.0797. The van der Waals surface area contributed by atoms with Crippen LogP contribution in [0.15, 0.2) is 18.2 Å². The largest absolute Gasteiger partial charge is 0.197 e. The van der Waals surface area contributed by atoms with E-state index < -0.39 is 0 Å².